The largest absolute Gasteiger partial charge is 0.497 e. The van der Waals surface area contributed by atoms with E-state index in [4.69, 9.17) is 9.15 Å². The van der Waals surface area contributed by atoms with Gasteiger partial charge in [0.05, 0.1) is 13.7 Å². The zero-order valence-electron chi connectivity index (χ0n) is 13.3. The summed E-state index contributed by atoms with van der Waals surface area (Å²) in [4.78, 5) is 2.42. The van der Waals surface area contributed by atoms with Crippen LogP contribution in [0.5, 0.6) is 5.75 Å². The van der Waals surface area contributed by atoms with Crippen LogP contribution in [0.25, 0.3) is 11.5 Å². The fraction of sp³-hybridized carbons (Fsp3) is 0.529. The maximum Gasteiger partial charge on any atom is 0.247 e. The molecule has 1 aromatic heterocycles. The second-order valence-corrected chi connectivity index (χ2v) is 5.91. The third kappa shape index (κ3) is 3.85. The summed E-state index contributed by atoms with van der Waals surface area (Å²) in [5, 5.41) is 8.36. The average molecular weight is 301 g/mol. The van der Waals surface area contributed by atoms with Gasteiger partial charge in [0, 0.05) is 12.1 Å². The lowest BCUT2D eigenvalue weighted by Gasteiger charge is -2.19. The van der Waals surface area contributed by atoms with Crippen molar-refractivity contribution in [2.24, 2.45) is 5.92 Å². The summed E-state index contributed by atoms with van der Waals surface area (Å²) in [6.45, 7) is 5.18. The normalized spacial score (nSPS) is 14.5. The van der Waals surface area contributed by atoms with E-state index in [-0.39, 0.29) is 0 Å². The number of hydrogen-bond acceptors (Lipinski definition) is 5. The van der Waals surface area contributed by atoms with E-state index < -0.39 is 0 Å². The molecule has 0 N–H and O–H groups in total. The Morgan fingerprint density at radius 3 is 2.64 bits per heavy atom. The molecule has 1 aromatic carbocycles. The van der Waals surface area contributed by atoms with E-state index in [0.29, 0.717) is 11.8 Å². The lowest BCUT2D eigenvalue weighted by Crippen LogP contribution is -2.26. The first-order valence-corrected chi connectivity index (χ1v) is 7.97. The van der Waals surface area contributed by atoms with Crippen LogP contribution in [0.2, 0.25) is 0 Å². The van der Waals surface area contributed by atoms with Gasteiger partial charge in [-0.05, 0) is 56.0 Å². The third-order valence-corrected chi connectivity index (χ3v) is 3.92. The number of rotatable bonds is 8. The highest BCUT2D eigenvalue weighted by Crippen LogP contribution is 2.30. The first-order chi connectivity index (χ1) is 10.8. The summed E-state index contributed by atoms with van der Waals surface area (Å²) in [5.41, 5.74) is 0.920. The Kier molecular flexibility index (Phi) is 4.73. The highest BCUT2D eigenvalue weighted by atomic mass is 16.5. The predicted octanol–water partition coefficient (Wildman–Crippen LogP) is 3.37. The maximum atomic E-state index is 5.82. The van der Waals surface area contributed by atoms with Crippen LogP contribution < -0.4 is 4.74 Å². The number of ether oxygens (including phenoxy) is 1. The number of hydrogen-bond donors (Lipinski definition) is 0. The fourth-order valence-electron chi connectivity index (χ4n) is 2.58. The molecule has 1 aliphatic rings. The molecule has 1 saturated carbocycles. The molecule has 1 aliphatic carbocycles. The molecule has 0 radical (unpaired) electrons. The Morgan fingerprint density at radius 2 is 2.00 bits per heavy atom. The van der Waals surface area contributed by atoms with E-state index in [0.717, 1.165) is 43.3 Å². The molecule has 2 aromatic rings. The molecule has 0 bridgehead atoms. The van der Waals surface area contributed by atoms with Crippen molar-refractivity contribution in [3.63, 3.8) is 0 Å². The summed E-state index contributed by atoms with van der Waals surface area (Å²) in [5.74, 6) is 2.96. The SMILES string of the molecule is CCCN(Cc1nnc(-c2ccc(OC)cc2)o1)CC1CC1. The topological polar surface area (TPSA) is 51.4 Å². The first kappa shape index (κ1) is 15.0. The summed E-state index contributed by atoms with van der Waals surface area (Å²) in [6.07, 6.45) is 3.87. The van der Waals surface area contributed by atoms with Crippen LogP contribution in [-0.2, 0) is 6.54 Å². The molecule has 0 unspecified atom stereocenters. The Bertz CT molecular complexity index is 590. The van der Waals surface area contributed by atoms with E-state index in [2.05, 4.69) is 22.0 Å². The average Bonchev–Trinajstić information content (AvgIpc) is 3.23. The van der Waals surface area contributed by atoms with E-state index >= 15 is 0 Å². The minimum Gasteiger partial charge on any atom is -0.497 e. The van der Waals surface area contributed by atoms with Crippen molar-refractivity contribution in [1.29, 1.82) is 0 Å². The molecular weight excluding hydrogens is 278 g/mol. The van der Waals surface area contributed by atoms with Gasteiger partial charge in [0.15, 0.2) is 0 Å². The zero-order valence-corrected chi connectivity index (χ0v) is 13.3. The quantitative estimate of drug-likeness (QED) is 0.748. The van der Waals surface area contributed by atoms with Crippen molar-refractivity contribution >= 4 is 0 Å². The second-order valence-electron chi connectivity index (χ2n) is 5.91. The Hall–Kier alpha value is -1.88. The lowest BCUT2D eigenvalue weighted by molar-refractivity contribution is 0.231. The van der Waals surface area contributed by atoms with E-state index in [1.54, 1.807) is 7.11 Å². The molecular formula is C17H23N3O2. The van der Waals surface area contributed by atoms with Crippen LogP contribution in [0.3, 0.4) is 0 Å². The molecule has 0 aliphatic heterocycles. The Morgan fingerprint density at radius 1 is 1.23 bits per heavy atom. The molecule has 22 heavy (non-hydrogen) atoms. The predicted molar refractivity (Wildman–Crippen MR) is 84.6 cm³/mol. The summed E-state index contributed by atoms with van der Waals surface area (Å²) in [6, 6.07) is 7.67. The number of benzene rings is 1. The number of aromatic nitrogens is 2. The van der Waals surface area contributed by atoms with Crippen LogP contribution in [-0.4, -0.2) is 35.3 Å². The lowest BCUT2D eigenvalue weighted by atomic mass is 10.2. The van der Waals surface area contributed by atoms with E-state index in [1.165, 1.54) is 12.8 Å². The van der Waals surface area contributed by atoms with E-state index in [1.807, 2.05) is 24.3 Å². The molecule has 0 spiro atoms. The smallest absolute Gasteiger partial charge is 0.247 e. The molecule has 0 atom stereocenters. The van der Waals surface area contributed by atoms with Crippen molar-refractivity contribution in [3.05, 3.63) is 30.2 Å². The molecule has 0 amide bonds. The van der Waals surface area contributed by atoms with Gasteiger partial charge in [0.1, 0.15) is 5.75 Å². The molecule has 1 heterocycles. The van der Waals surface area contributed by atoms with Gasteiger partial charge in [-0.2, -0.15) is 0 Å². The van der Waals surface area contributed by atoms with E-state index in [9.17, 15) is 0 Å². The monoisotopic (exact) mass is 301 g/mol. The molecule has 1 fully saturated rings. The van der Waals surface area contributed by atoms with Crippen molar-refractivity contribution in [2.75, 3.05) is 20.2 Å². The van der Waals surface area contributed by atoms with Crippen LogP contribution in [0, 0.1) is 5.92 Å². The summed E-state index contributed by atoms with van der Waals surface area (Å²) < 4.78 is 11.0. The standard InChI is InChI=1S/C17H23N3O2/c1-3-10-20(11-13-4-5-13)12-16-18-19-17(22-16)14-6-8-15(21-2)9-7-14/h6-9,13H,3-5,10-12H2,1-2H3. The van der Waals surface area contributed by atoms with Gasteiger partial charge in [-0.1, -0.05) is 6.92 Å². The Balaban J connectivity index is 1.66. The van der Waals surface area contributed by atoms with Gasteiger partial charge in [-0.25, -0.2) is 0 Å². The maximum absolute atomic E-state index is 5.82. The first-order valence-electron chi connectivity index (χ1n) is 7.97. The molecule has 3 rings (SSSR count). The van der Waals surface area contributed by atoms with Crippen molar-refractivity contribution in [1.82, 2.24) is 15.1 Å². The van der Waals surface area contributed by atoms with Crippen LogP contribution >= 0.6 is 0 Å². The molecule has 0 saturated heterocycles. The summed E-state index contributed by atoms with van der Waals surface area (Å²) >= 11 is 0. The minimum absolute atomic E-state index is 0.570. The van der Waals surface area contributed by atoms with Gasteiger partial charge in [0.2, 0.25) is 11.8 Å². The van der Waals surface area contributed by atoms with Crippen LogP contribution in [0.1, 0.15) is 32.1 Å². The molecule has 5 nitrogen and oxygen atoms in total. The highest BCUT2D eigenvalue weighted by molar-refractivity contribution is 5.53. The Labute approximate surface area is 131 Å². The highest BCUT2D eigenvalue weighted by Gasteiger charge is 2.24. The van der Waals surface area contributed by atoms with Crippen molar-refractivity contribution < 1.29 is 9.15 Å². The van der Waals surface area contributed by atoms with Gasteiger partial charge in [-0.15, -0.1) is 10.2 Å². The van der Waals surface area contributed by atoms with Gasteiger partial charge in [-0.3, -0.25) is 4.90 Å². The van der Waals surface area contributed by atoms with Gasteiger partial charge in [0.25, 0.3) is 0 Å². The zero-order chi connectivity index (χ0) is 15.4. The van der Waals surface area contributed by atoms with Crippen LogP contribution in [0.4, 0.5) is 0 Å². The minimum atomic E-state index is 0.570. The van der Waals surface area contributed by atoms with Crippen molar-refractivity contribution in [2.45, 2.75) is 32.7 Å². The number of nitrogens with zero attached hydrogens (tertiary/aromatic N) is 3. The van der Waals surface area contributed by atoms with Gasteiger partial charge >= 0.3 is 0 Å². The third-order valence-electron chi connectivity index (χ3n) is 3.92. The summed E-state index contributed by atoms with van der Waals surface area (Å²) in [7, 11) is 1.65. The second kappa shape index (κ2) is 6.92. The van der Waals surface area contributed by atoms with Crippen LogP contribution in [0.15, 0.2) is 28.7 Å². The molecule has 118 valence electrons. The number of methoxy groups -OCH3 is 1. The van der Waals surface area contributed by atoms with Crippen molar-refractivity contribution in [3.8, 4) is 17.2 Å². The van der Waals surface area contributed by atoms with Gasteiger partial charge < -0.3 is 9.15 Å². The molecule has 5 heteroatoms. The fourth-order valence-corrected chi connectivity index (χ4v) is 2.58.